The quantitative estimate of drug-likeness (QED) is 0.572. The lowest BCUT2D eigenvalue weighted by molar-refractivity contribution is -0.131. The summed E-state index contributed by atoms with van der Waals surface area (Å²) in [4.78, 5) is 43.6. The van der Waals surface area contributed by atoms with E-state index in [1.165, 1.54) is 12.8 Å². The summed E-state index contributed by atoms with van der Waals surface area (Å²) in [5.74, 6) is 0.572. The molecule has 4 rings (SSSR count). The summed E-state index contributed by atoms with van der Waals surface area (Å²) in [7, 11) is 0. The average molecular weight is 446 g/mol. The first-order valence-corrected chi connectivity index (χ1v) is 12.0. The van der Waals surface area contributed by atoms with Crippen molar-refractivity contribution >= 4 is 17.7 Å². The molecule has 1 aliphatic carbocycles. The summed E-state index contributed by atoms with van der Waals surface area (Å²) in [5, 5.41) is 4.38. The van der Waals surface area contributed by atoms with Gasteiger partial charge in [-0.2, -0.15) is 5.10 Å². The number of ether oxygens (including phenoxy) is 1. The topological polar surface area (TPSA) is 88.0 Å². The molecule has 2 aliphatic heterocycles. The fraction of sp³-hybridized carbons (Fsp3) is 0.739. The number of hydrogen-bond donors (Lipinski definition) is 0. The molecule has 0 spiro atoms. The van der Waals surface area contributed by atoms with Gasteiger partial charge in [-0.25, -0.2) is 0 Å². The summed E-state index contributed by atoms with van der Waals surface area (Å²) in [6, 6.07) is 1.78. The molecule has 9 nitrogen and oxygen atoms in total. The Morgan fingerprint density at radius 2 is 1.94 bits per heavy atom. The van der Waals surface area contributed by atoms with Gasteiger partial charge < -0.3 is 19.4 Å². The Morgan fingerprint density at radius 3 is 2.62 bits per heavy atom. The van der Waals surface area contributed by atoms with Crippen LogP contribution in [0.25, 0.3) is 0 Å². The van der Waals surface area contributed by atoms with Crippen LogP contribution in [0.15, 0.2) is 6.07 Å². The number of amides is 3. The van der Waals surface area contributed by atoms with Gasteiger partial charge in [-0.15, -0.1) is 0 Å². The molecule has 3 aliphatic rings. The van der Waals surface area contributed by atoms with Crippen molar-refractivity contribution in [2.24, 2.45) is 5.92 Å². The molecule has 0 aromatic carbocycles. The van der Waals surface area contributed by atoms with Gasteiger partial charge >= 0.3 is 0 Å². The zero-order valence-corrected chi connectivity index (χ0v) is 19.3. The summed E-state index contributed by atoms with van der Waals surface area (Å²) in [6.45, 7) is 8.07. The highest BCUT2D eigenvalue weighted by Crippen LogP contribution is 2.29. The van der Waals surface area contributed by atoms with Crippen LogP contribution >= 0.6 is 0 Å². The molecular weight excluding hydrogens is 410 g/mol. The summed E-state index contributed by atoms with van der Waals surface area (Å²) in [6.07, 6.45) is 4.46. The van der Waals surface area contributed by atoms with Gasteiger partial charge in [0.1, 0.15) is 12.2 Å². The second kappa shape index (κ2) is 10.0. The number of aromatic nitrogens is 2. The van der Waals surface area contributed by atoms with E-state index in [0.29, 0.717) is 57.4 Å². The summed E-state index contributed by atoms with van der Waals surface area (Å²) < 4.78 is 7.86. The van der Waals surface area contributed by atoms with Gasteiger partial charge in [-0.3, -0.25) is 19.1 Å². The number of carbonyl (C=O) groups is 3. The van der Waals surface area contributed by atoms with Crippen LogP contribution in [-0.4, -0.2) is 94.2 Å². The molecule has 0 bridgehead atoms. The third kappa shape index (κ3) is 5.49. The highest BCUT2D eigenvalue weighted by Gasteiger charge is 2.33. The molecule has 1 aromatic rings. The van der Waals surface area contributed by atoms with Crippen LogP contribution in [0.2, 0.25) is 0 Å². The lowest BCUT2D eigenvalue weighted by atomic mass is 10.2. The van der Waals surface area contributed by atoms with E-state index < -0.39 is 0 Å². The Labute approximate surface area is 189 Å². The second-order valence-corrected chi connectivity index (χ2v) is 9.25. The van der Waals surface area contributed by atoms with Crippen LogP contribution in [0.4, 0.5) is 0 Å². The largest absolute Gasteiger partial charge is 0.374 e. The molecule has 3 heterocycles. The third-order valence-corrected chi connectivity index (χ3v) is 6.53. The van der Waals surface area contributed by atoms with Crippen molar-refractivity contribution in [3.8, 4) is 0 Å². The predicted molar refractivity (Wildman–Crippen MR) is 118 cm³/mol. The molecule has 0 N–H and O–H groups in total. The van der Waals surface area contributed by atoms with Crippen molar-refractivity contribution in [3.05, 3.63) is 17.5 Å². The van der Waals surface area contributed by atoms with E-state index in [0.717, 1.165) is 25.1 Å². The van der Waals surface area contributed by atoms with Crippen LogP contribution in [0.3, 0.4) is 0 Å². The number of hydrogen-bond acceptors (Lipinski definition) is 5. The molecule has 176 valence electrons. The van der Waals surface area contributed by atoms with Crippen molar-refractivity contribution in [2.45, 2.75) is 58.6 Å². The van der Waals surface area contributed by atoms with Crippen LogP contribution in [0.5, 0.6) is 0 Å². The molecule has 32 heavy (non-hydrogen) atoms. The highest BCUT2D eigenvalue weighted by atomic mass is 16.5. The maximum absolute atomic E-state index is 13.3. The van der Waals surface area contributed by atoms with Gasteiger partial charge in [0.25, 0.3) is 5.91 Å². The summed E-state index contributed by atoms with van der Waals surface area (Å²) in [5.41, 5.74) is 1.30. The van der Waals surface area contributed by atoms with E-state index >= 15 is 0 Å². The molecule has 9 heteroatoms. The molecule has 1 atom stereocenters. The predicted octanol–water partition coefficient (Wildman–Crippen LogP) is 1.30. The van der Waals surface area contributed by atoms with E-state index in [9.17, 15) is 14.4 Å². The molecule has 3 fully saturated rings. The first-order valence-electron chi connectivity index (χ1n) is 12.0. The number of carbonyl (C=O) groups excluding carboxylic acids is 3. The summed E-state index contributed by atoms with van der Waals surface area (Å²) >= 11 is 0. The molecule has 0 unspecified atom stereocenters. The fourth-order valence-corrected chi connectivity index (χ4v) is 4.53. The Kier molecular flexibility index (Phi) is 7.13. The van der Waals surface area contributed by atoms with E-state index in [2.05, 4.69) is 5.10 Å². The second-order valence-electron chi connectivity index (χ2n) is 9.25. The first-order chi connectivity index (χ1) is 15.4. The number of rotatable bonds is 9. The van der Waals surface area contributed by atoms with Gasteiger partial charge in [-0.05, 0) is 51.5 Å². The average Bonchev–Trinajstić information content (AvgIpc) is 3.44. The molecule has 3 amide bonds. The fourth-order valence-electron chi connectivity index (χ4n) is 4.53. The lowest BCUT2D eigenvalue weighted by Gasteiger charge is -2.25. The highest BCUT2D eigenvalue weighted by molar-refractivity contribution is 5.95. The number of aryl methyl sites for hydroxylation is 2. The van der Waals surface area contributed by atoms with E-state index in [4.69, 9.17) is 4.74 Å². The minimum Gasteiger partial charge on any atom is -0.374 e. The Morgan fingerprint density at radius 1 is 1.16 bits per heavy atom. The zero-order valence-electron chi connectivity index (χ0n) is 19.3. The van der Waals surface area contributed by atoms with Gasteiger partial charge in [-0.1, -0.05) is 0 Å². The minimum atomic E-state index is -0.210. The maximum Gasteiger partial charge on any atom is 0.272 e. The van der Waals surface area contributed by atoms with Crippen molar-refractivity contribution < 1.29 is 19.1 Å². The Bertz CT molecular complexity index is 849. The SMILES string of the molecule is CCn1nc(C)cc1C(=O)N1CC(=O)N(CCCN2CCCC2=O)C[C@H](OCC2CC2)C1. The Balaban J connectivity index is 1.42. The van der Waals surface area contributed by atoms with Gasteiger partial charge in [0.15, 0.2) is 0 Å². The van der Waals surface area contributed by atoms with Crippen LogP contribution in [0, 0.1) is 12.8 Å². The van der Waals surface area contributed by atoms with Crippen molar-refractivity contribution in [3.63, 3.8) is 0 Å². The monoisotopic (exact) mass is 445 g/mol. The van der Waals surface area contributed by atoms with Gasteiger partial charge in [0.05, 0.1) is 11.8 Å². The minimum absolute atomic E-state index is 0.0404. The Hall–Kier alpha value is -2.42. The van der Waals surface area contributed by atoms with Crippen LogP contribution in [-0.2, 0) is 20.9 Å². The maximum atomic E-state index is 13.3. The van der Waals surface area contributed by atoms with Crippen molar-refractivity contribution in [1.82, 2.24) is 24.5 Å². The van der Waals surface area contributed by atoms with Gasteiger partial charge in [0.2, 0.25) is 11.8 Å². The molecule has 1 saturated carbocycles. The van der Waals surface area contributed by atoms with Crippen LogP contribution in [0.1, 0.15) is 55.2 Å². The molecule has 1 aromatic heterocycles. The normalized spacial score (nSPS) is 22.1. The smallest absolute Gasteiger partial charge is 0.272 e. The number of likely N-dealkylation sites (tertiary alicyclic amines) is 1. The van der Waals surface area contributed by atoms with E-state index in [1.54, 1.807) is 15.6 Å². The van der Waals surface area contributed by atoms with E-state index in [-0.39, 0.29) is 30.4 Å². The van der Waals surface area contributed by atoms with Crippen molar-refractivity contribution in [1.29, 1.82) is 0 Å². The van der Waals surface area contributed by atoms with E-state index in [1.807, 2.05) is 23.6 Å². The molecule has 0 radical (unpaired) electrons. The zero-order chi connectivity index (χ0) is 22.7. The van der Waals surface area contributed by atoms with Crippen molar-refractivity contribution in [2.75, 3.05) is 45.9 Å². The lowest BCUT2D eigenvalue weighted by Crippen LogP contribution is -2.41. The van der Waals surface area contributed by atoms with Crippen LogP contribution < -0.4 is 0 Å². The molecule has 2 saturated heterocycles. The third-order valence-electron chi connectivity index (χ3n) is 6.53. The number of nitrogens with zero attached hydrogens (tertiary/aromatic N) is 5. The molecular formula is C23H35N5O4. The van der Waals surface area contributed by atoms with Gasteiger partial charge in [0, 0.05) is 52.3 Å². The first kappa shape index (κ1) is 22.8. The standard InChI is InChI=1S/C23H35N5O4/c1-3-28-20(12-17(2)24-28)23(31)27-14-19(32-16-18-7-8-18)13-26(22(30)15-27)11-5-10-25-9-4-6-21(25)29/h12,18-19H,3-11,13-16H2,1-2H3/t19-/m0/s1.